The Kier molecular flexibility index (Phi) is 3.11. The fourth-order valence-electron chi connectivity index (χ4n) is 4.24. The molecule has 0 amide bonds. The van der Waals surface area contributed by atoms with Gasteiger partial charge in [0.05, 0.1) is 5.69 Å². The van der Waals surface area contributed by atoms with E-state index in [0.717, 1.165) is 18.5 Å². The van der Waals surface area contributed by atoms with E-state index in [2.05, 4.69) is 27.6 Å². The molecule has 1 N–H and O–H groups in total. The van der Waals surface area contributed by atoms with Crippen LogP contribution in [0.3, 0.4) is 0 Å². The van der Waals surface area contributed by atoms with Crippen LogP contribution < -0.4 is 5.32 Å². The highest BCUT2D eigenvalue weighted by Gasteiger charge is 2.46. The lowest BCUT2D eigenvalue weighted by Crippen LogP contribution is -2.63. The van der Waals surface area contributed by atoms with Gasteiger partial charge in [0, 0.05) is 44.5 Å². The second-order valence-electron chi connectivity index (χ2n) is 7.12. The minimum atomic E-state index is 0.420. The van der Waals surface area contributed by atoms with Gasteiger partial charge in [-0.3, -0.25) is 9.58 Å². The standard InChI is InChI=1S/C16H26N4/c1-19-9-6-14(18-19)10-20-11-15(13-4-5-13)17-12-16(20)7-2-3-8-16/h6,9,13,15,17H,2-5,7-8,10-12H2,1H3. The van der Waals surface area contributed by atoms with Crippen molar-refractivity contribution in [2.45, 2.75) is 56.7 Å². The summed E-state index contributed by atoms with van der Waals surface area (Å²) in [5.41, 5.74) is 1.65. The summed E-state index contributed by atoms with van der Waals surface area (Å²) < 4.78 is 1.93. The van der Waals surface area contributed by atoms with E-state index in [1.807, 2.05) is 11.7 Å². The molecule has 1 atom stereocenters. The Hall–Kier alpha value is -0.870. The van der Waals surface area contributed by atoms with Gasteiger partial charge in [-0.1, -0.05) is 12.8 Å². The van der Waals surface area contributed by atoms with Crippen LogP contribution in [-0.2, 0) is 13.6 Å². The summed E-state index contributed by atoms with van der Waals surface area (Å²) in [6.07, 6.45) is 10.5. The van der Waals surface area contributed by atoms with Crippen LogP contribution in [0.25, 0.3) is 0 Å². The van der Waals surface area contributed by atoms with Gasteiger partial charge >= 0.3 is 0 Å². The predicted octanol–water partition coefficient (Wildman–Crippen LogP) is 1.92. The van der Waals surface area contributed by atoms with Crippen molar-refractivity contribution >= 4 is 0 Å². The lowest BCUT2D eigenvalue weighted by Gasteiger charge is -2.48. The molecule has 2 saturated carbocycles. The molecule has 0 aromatic carbocycles. The Morgan fingerprint density at radius 1 is 1.35 bits per heavy atom. The van der Waals surface area contributed by atoms with Crippen molar-refractivity contribution in [3.8, 4) is 0 Å². The SMILES string of the molecule is Cn1ccc(CN2CC(C3CC3)NCC23CCCC3)n1. The van der Waals surface area contributed by atoms with E-state index in [0.29, 0.717) is 5.54 Å². The largest absolute Gasteiger partial charge is 0.311 e. The van der Waals surface area contributed by atoms with Crippen molar-refractivity contribution in [1.82, 2.24) is 20.0 Å². The number of hydrogen-bond donors (Lipinski definition) is 1. The van der Waals surface area contributed by atoms with Gasteiger partial charge in [0.1, 0.15) is 0 Å². The fourth-order valence-corrected chi connectivity index (χ4v) is 4.24. The van der Waals surface area contributed by atoms with Gasteiger partial charge in [-0.2, -0.15) is 5.10 Å². The van der Waals surface area contributed by atoms with Crippen LogP contribution >= 0.6 is 0 Å². The van der Waals surface area contributed by atoms with Gasteiger partial charge < -0.3 is 5.32 Å². The average Bonchev–Trinajstić information content (AvgIpc) is 3.05. The van der Waals surface area contributed by atoms with Crippen LogP contribution in [0.2, 0.25) is 0 Å². The van der Waals surface area contributed by atoms with Gasteiger partial charge in [-0.15, -0.1) is 0 Å². The molecule has 1 unspecified atom stereocenters. The Morgan fingerprint density at radius 3 is 2.80 bits per heavy atom. The number of nitrogens with one attached hydrogen (secondary N) is 1. The molecule has 3 fully saturated rings. The minimum Gasteiger partial charge on any atom is -0.311 e. The molecule has 1 aromatic rings. The summed E-state index contributed by atoms with van der Waals surface area (Å²) in [4.78, 5) is 2.77. The second kappa shape index (κ2) is 4.85. The maximum absolute atomic E-state index is 4.60. The third-order valence-corrected chi connectivity index (χ3v) is 5.63. The average molecular weight is 274 g/mol. The lowest BCUT2D eigenvalue weighted by molar-refractivity contribution is 0.0300. The van der Waals surface area contributed by atoms with E-state index in [-0.39, 0.29) is 0 Å². The van der Waals surface area contributed by atoms with Gasteiger partial charge in [0.15, 0.2) is 0 Å². The maximum atomic E-state index is 4.60. The molecular weight excluding hydrogens is 248 g/mol. The molecule has 0 radical (unpaired) electrons. The summed E-state index contributed by atoms with van der Waals surface area (Å²) in [7, 11) is 2.01. The quantitative estimate of drug-likeness (QED) is 0.914. The molecule has 1 spiro atoms. The van der Waals surface area contributed by atoms with Crippen LogP contribution in [0.15, 0.2) is 12.3 Å². The molecule has 0 bridgehead atoms. The van der Waals surface area contributed by atoms with Crippen molar-refractivity contribution in [2.24, 2.45) is 13.0 Å². The van der Waals surface area contributed by atoms with Crippen molar-refractivity contribution in [3.63, 3.8) is 0 Å². The van der Waals surface area contributed by atoms with Crippen molar-refractivity contribution < 1.29 is 0 Å². The van der Waals surface area contributed by atoms with E-state index in [4.69, 9.17) is 0 Å². The van der Waals surface area contributed by atoms with Gasteiger partial charge in [-0.05, 0) is 37.7 Å². The van der Waals surface area contributed by atoms with E-state index >= 15 is 0 Å². The maximum Gasteiger partial charge on any atom is 0.0764 e. The lowest BCUT2D eigenvalue weighted by atomic mass is 9.89. The first-order chi connectivity index (χ1) is 9.75. The molecule has 20 heavy (non-hydrogen) atoms. The van der Waals surface area contributed by atoms with E-state index in [9.17, 15) is 0 Å². The first-order valence-corrected chi connectivity index (χ1v) is 8.22. The van der Waals surface area contributed by atoms with Crippen molar-refractivity contribution in [2.75, 3.05) is 13.1 Å². The van der Waals surface area contributed by atoms with Crippen LogP contribution in [0, 0.1) is 5.92 Å². The third-order valence-electron chi connectivity index (χ3n) is 5.63. The number of aryl methyl sites for hydroxylation is 1. The molecule has 2 heterocycles. The third kappa shape index (κ3) is 2.29. The number of hydrogen-bond acceptors (Lipinski definition) is 3. The number of aromatic nitrogens is 2. The molecule has 1 aliphatic heterocycles. The highest BCUT2D eigenvalue weighted by Crippen LogP contribution is 2.41. The highest BCUT2D eigenvalue weighted by atomic mass is 15.3. The normalized spacial score (nSPS) is 30.1. The summed E-state index contributed by atoms with van der Waals surface area (Å²) in [5.74, 6) is 0.944. The number of nitrogens with zero attached hydrogens (tertiary/aromatic N) is 3. The molecule has 110 valence electrons. The van der Waals surface area contributed by atoms with Crippen molar-refractivity contribution in [1.29, 1.82) is 0 Å². The zero-order valence-corrected chi connectivity index (χ0v) is 12.5. The molecule has 4 rings (SSSR count). The molecular formula is C16H26N4. The van der Waals surface area contributed by atoms with Crippen LogP contribution in [0.1, 0.15) is 44.2 Å². The molecule has 4 nitrogen and oxygen atoms in total. The Morgan fingerprint density at radius 2 is 2.15 bits per heavy atom. The fraction of sp³-hybridized carbons (Fsp3) is 0.812. The summed E-state index contributed by atoms with van der Waals surface area (Å²) in [6, 6.07) is 2.90. The zero-order chi connectivity index (χ0) is 13.6. The number of piperazine rings is 1. The topological polar surface area (TPSA) is 33.1 Å². The molecule has 3 aliphatic rings. The highest BCUT2D eigenvalue weighted by molar-refractivity contribution is 5.08. The van der Waals surface area contributed by atoms with Gasteiger partial charge in [0.2, 0.25) is 0 Å². The number of rotatable bonds is 3. The minimum absolute atomic E-state index is 0.420. The van der Waals surface area contributed by atoms with E-state index in [1.54, 1.807) is 0 Å². The Labute approximate surface area is 121 Å². The van der Waals surface area contributed by atoms with Gasteiger partial charge in [0.25, 0.3) is 0 Å². The summed E-state index contributed by atoms with van der Waals surface area (Å²) >= 11 is 0. The second-order valence-corrected chi connectivity index (χ2v) is 7.12. The van der Waals surface area contributed by atoms with Crippen LogP contribution in [-0.4, -0.2) is 39.4 Å². The van der Waals surface area contributed by atoms with Crippen molar-refractivity contribution in [3.05, 3.63) is 18.0 Å². The smallest absolute Gasteiger partial charge is 0.0764 e. The van der Waals surface area contributed by atoms with E-state index < -0.39 is 0 Å². The first kappa shape index (κ1) is 12.8. The van der Waals surface area contributed by atoms with Crippen LogP contribution in [0.5, 0.6) is 0 Å². The molecule has 4 heteroatoms. The van der Waals surface area contributed by atoms with E-state index in [1.165, 1.54) is 57.3 Å². The molecule has 1 aromatic heterocycles. The van der Waals surface area contributed by atoms with Crippen LogP contribution in [0.4, 0.5) is 0 Å². The monoisotopic (exact) mass is 274 g/mol. The Bertz CT molecular complexity index is 471. The molecule has 1 saturated heterocycles. The molecule has 2 aliphatic carbocycles. The zero-order valence-electron chi connectivity index (χ0n) is 12.5. The predicted molar refractivity (Wildman–Crippen MR) is 79.3 cm³/mol. The Balaban J connectivity index is 1.53. The van der Waals surface area contributed by atoms with Gasteiger partial charge in [-0.25, -0.2) is 0 Å². The first-order valence-electron chi connectivity index (χ1n) is 8.22. The summed E-state index contributed by atoms with van der Waals surface area (Å²) in [5, 5.41) is 8.47. The summed E-state index contributed by atoms with van der Waals surface area (Å²) in [6.45, 7) is 3.45.